The molecule has 4 nitrogen and oxygen atoms in total. The van der Waals surface area contributed by atoms with Gasteiger partial charge in [0.25, 0.3) is 5.91 Å². The zero-order valence-corrected chi connectivity index (χ0v) is 7.42. The van der Waals surface area contributed by atoms with Gasteiger partial charge in [0.2, 0.25) is 0 Å². The van der Waals surface area contributed by atoms with E-state index in [-0.39, 0.29) is 5.91 Å². The van der Waals surface area contributed by atoms with Gasteiger partial charge in [0, 0.05) is 12.7 Å². The van der Waals surface area contributed by atoms with E-state index in [1.54, 1.807) is 10.6 Å². The summed E-state index contributed by atoms with van der Waals surface area (Å²) in [4.78, 5) is 15.7. The van der Waals surface area contributed by atoms with Gasteiger partial charge >= 0.3 is 0 Å². The Kier molecular flexibility index (Phi) is 2.50. The second kappa shape index (κ2) is 3.40. The summed E-state index contributed by atoms with van der Waals surface area (Å²) in [5.41, 5.74) is 3.89. The maximum Gasteiger partial charge on any atom is 0.291 e. The number of amides is 1. The highest BCUT2D eigenvalue weighted by Gasteiger charge is 2.09. The molecule has 1 N–H and O–H groups in total. The molecule has 0 atom stereocenters. The molecule has 0 saturated heterocycles. The number of hydrogen-bond donors (Lipinski definition) is 1. The van der Waals surface area contributed by atoms with Gasteiger partial charge in [-0.15, -0.1) is 0 Å². The molecule has 0 spiro atoms. The van der Waals surface area contributed by atoms with E-state index in [1.807, 2.05) is 20.0 Å². The van der Waals surface area contributed by atoms with Crippen LogP contribution in [0.4, 0.5) is 0 Å². The number of nitrogens with zero attached hydrogens (tertiary/aromatic N) is 1. The molecule has 1 amide bonds. The molecule has 1 heterocycles. The topological polar surface area (TPSA) is 43.3 Å². The first-order chi connectivity index (χ1) is 5.66. The van der Waals surface area contributed by atoms with Crippen LogP contribution in [0, 0.1) is 6.92 Å². The van der Waals surface area contributed by atoms with E-state index in [2.05, 4.69) is 10.3 Å². The molecular formula is C8H12N2O2. The average molecular weight is 168 g/mol. The normalized spacial score (nSPS) is 9.92. The van der Waals surface area contributed by atoms with Crippen LogP contribution < -0.4 is 5.48 Å². The van der Waals surface area contributed by atoms with Gasteiger partial charge in [-0.25, -0.2) is 5.48 Å². The van der Waals surface area contributed by atoms with Gasteiger partial charge in [-0.3, -0.25) is 9.63 Å². The van der Waals surface area contributed by atoms with Crippen LogP contribution in [0.15, 0.2) is 12.1 Å². The minimum absolute atomic E-state index is 0.229. The van der Waals surface area contributed by atoms with E-state index in [0.717, 1.165) is 5.69 Å². The lowest BCUT2D eigenvalue weighted by Gasteiger charge is -2.03. The second-order valence-corrected chi connectivity index (χ2v) is 2.55. The Bertz CT molecular complexity index is 291. The summed E-state index contributed by atoms with van der Waals surface area (Å²) >= 11 is 0. The quantitative estimate of drug-likeness (QED) is 0.658. The Morgan fingerprint density at radius 3 is 2.67 bits per heavy atom. The van der Waals surface area contributed by atoms with Crippen LogP contribution in [0.1, 0.15) is 16.2 Å². The maximum absolute atomic E-state index is 11.2. The number of rotatable bonds is 2. The number of hydroxylamine groups is 1. The largest absolute Gasteiger partial charge is 0.344 e. The molecular weight excluding hydrogens is 156 g/mol. The van der Waals surface area contributed by atoms with Crippen LogP contribution in [-0.2, 0) is 11.9 Å². The Morgan fingerprint density at radius 1 is 1.58 bits per heavy atom. The molecule has 0 unspecified atom stereocenters. The van der Waals surface area contributed by atoms with Crippen LogP contribution in [0.2, 0.25) is 0 Å². The van der Waals surface area contributed by atoms with Gasteiger partial charge in [-0.2, -0.15) is 0 Å². The molecule has 0 aromatic carbocycles. The zero-order chi connectivity index (χ0) is 9.14. The molecule has 0 fully saturated rings. The summed E-state index contributed by atoms with van der Waals surface area (Å²) in [6.07, 6.45) is 0. The van der Waals surface area contributed by atoms with Crippen molar-refractivity contribution >= 4 is 5.91 Å². The second-order valence-electron chi connectivity index (χ2n) is 2.55. The highest BCUT2D eigenvalue weighted by molar-refractivity contribution is 5.92. The smallest absolute Gasteiger partial charge is 0.291 e. The average Bonchev–Trinajstić information content (AvgIpc) is 2.34. The standard InChI is InChI=1S/C8H12N2O2/c1-6-4-5-7(10(6)2)8(11)9-12-3/h4-5H,1-3H3,(H,9,11). The predicted molar refractivity (Wildman–Crippen MR) is 44.6 cm³/mol. The molecule has 0 aliphatic heterocycles. The molecule has 66 valence electrons. The minimum atomic E-state index is -0.229. The van der Waals surface area contributed by atoms with Crippen LogP contribution in [0.25, 0.3) is 0 Å². The van der Waals surface area contributed by atoms with Crippen molar-refractivity contribution in [2.24, 2.45) is 7.05 Å². The zero-order valence-electron chi connectivity index (χ0n) is 7.42. The number of hydrogen-bond acceptors (Lipinski definition) is 2. The van der Waals surface area contributed by atoms with Crippen molar-refractivity contribution in [3.8, 4) is 0 Å². The molecule has 0 aliphatic carbocycles. The molecule has 0 radical (unpaired) electrons. The number of aromatic nitrogens is 1. The van der Waals surface area contributed by atoms with E-state index in [0.29, 0.717) is 5.69 Å². The molecule has 12 heavy (non-hydrogen) atoms. The third kappa shape index (κ3) is 1.48. The Morgan fingerprint density at radius 2 is 2.25 bits per heavy atom. The fourth-order valence-corrected chi connectivity index (χ4v) is 0.986. The first-order valence-corrected chi connectivity index (χ1v) is 3.62. The lowest BCUT2D eigenvalue weighted by molar-refractivity contribution is 0.0529. The van der Waals surface area contributed by atoms with E-state index >= 15 is 0 Å². The van der Waals surface area contributed by atoms with Gasteiger partial charge in [0.1, 0.15) is 5.69 Å². The Hall–Kier alpha value is -1.29. The lowest BCUT2D eigenvalue weighted by atomic mass is 10.4. The van der Waals surface area contributed by atoms with Crippen molar-refractivity contribution in [2.45, 2.75) is 6.92 Å². The van der Waals surface area contributed by atoms with Gasteiger partial charge < -0.3 is 4.57 Å². The van der Waals surface area contributed by atoms with Crippen molar-refractivity contribution in [1.82, 2.24) is 10.0 Å². The molecule has 0 saturated carbocycles. The van der Waals surface area contributed by atoms with E-state index in [9.17, 15) is 4.79 Å². The van der Waals surface area contributed by atoms with Gasteiger partial charge in [-0.1, -0.05) is 0 Å². The van der Waals surface area contributed by atoms with Crippen LogP contribution >= 0.6 is 0 Å². The van der Waals surface area contributed by atoms with Crippen molar-refractivity contribution in [3.05, 3.63) is 23.5 Å². The monoisotopic (exact) mass is 168 g/mol. The highest BCUT2D eigenvalue weighted by atomic mass is 16.6. The summed E-state index contributed by atoms with van der Waals surface area (Å²) in [6, 6.07) is 3.63. The molecule has 4 heteroatoms. The van der Waals surface area contributed by atoms with Gasteiger partial charge in [-0.05, 0) is 19.1 Å². The number of nitrogens with one attached hydrogen (secondary N) is 1. The Labute approximate surface area is 71.1 Å². The fourth-order valence-electron chi connectivity index (χ4n) is 0.986. The first-order valence-electron chi connectivity index (χ1n) is 3.62. The van der Waals surface area contributed by atoms with E-state index in [1.165, 1.54) is 7.11 Å². The number of aryl methyl sites for hydroxylation is 1. The lowest BCUT2D eigenvalue weighted by Crippen LogP contribution is -2.24. The predicted octanol–water partition coefficient (Wildman–Crippen LogP) is 0.625. The van der Waals surface area contributed by atoms with Gasteiger partial charge in [0.15, 0.2) is 0 Å². The first kappa shape index (κ1) is 8.80. The number of carbonyl (C=O) groups is 1. The Balaban J connectivity index is 2.88. The molecule has 1 rings (SSSR count). The van der Waals surface area contributed by atoms with Crippen molar-refractivity contribution in [3.63, 3.8) is 0 Å². The van der Waals surface area contributed by atoms with Crippen LogP contribution in [0.5, 0.6) is 0 Å². The SMILES string of the molecule is CONC(=O)c1ccc(C)n1C. The van der Waals surface area contributed by atoms with E-state index < -0.39 is 0 Å². The number of carbonyl (C=O) groups excluding carboxylic acids is 1. The van der Waals surface area contributed by atoms with Crippen molar-refractivity contribution in [2.75, 3.05) is 7.11 Å². The van der Waals surface area contributed by atoms with Crippen molar-refractivity contribution < 1.29 is 9.63 Å². The fraction of sp³-hybridized carbons (Fsp3) is 0.375. The summed E-state index contributed by atoms with van der Waals surface area (Å²) in [7, 11) is 3.24. The summed E-state index contributed by atoms with van der Waals surface area (Å²) in [5.74, 6) is -0.229. The minimum Gasteiger partial charge on any atom is -0.344 e. The highest BCUT2D eigenvalue weighted by Crippen LogP contribution is 2.04. The summed E-state index contributed by atoms with van der Waals surface area (Å²) in [6.45, 7) is 1.93. The molecule has 0 bridgehead atoms. The van der Waals surface area contributed by atoms with Crippen LogP contribution in [0.3, 0.4) is 0 Å². The molecule has 1 aromatic heterocycles. The van der Waals surface area contributed by atoms with E-state index in [4.69, 9.17) is 0 Å². The van der Waals surface area contributed by atoms with Crippen LogP contribution in [-0.4, -0.2) is 17.6 Å². The summed E-state index contributed by atoms with van der Waals surface area (Å²) < 4.78 is 1.80. The molecule has 0 aliphatic rings. The molecule has 1 aromatic rings. The van der Waals surface area contributed by atoms with Crippen molar-refractivity contribution in [1.29, 1.82) is 0 Å². The third-order valence-corrected chi connectivity index (χ3v) is 1.80. The maximum atomic E-state index is 11.2. The van der Waals surface area contributed by atoms with Gasteiger partial charge in [0.05, 0.1) is 7.11 Å². The summed E-state index contributed by atoms with van der Waals surface area (Å²) in [5, 5.41) is 0. The third-order valence-electron chi connectivity index (χ3n) is 1.80.